The Kier molecular flexibility index (Phi) is 6.98. The first kappa shape index (κ1) is 25.9. The predicted molar refractivity (Wildman–Crippen MR) is 149 cm³/mol. The molecular formula is C32H27FN2O4. The number of hydrogen-bond acceptors (Lipinski definition) is 4. The van der Waals surface area contributed by atoms with Crippen LogP contribution in [0.1, 0.15) is 31.0 Å². The second-order valence-electron chi connectivity index (χ2n) is 9.26. The molecule has 0 fully saturated rings. The third kappa shape index (κ3) is 4.56. The quantitative estimate of drug-likeness (QED) is 0.190. The fourth-order valence-electron chi connectivity index (χ4n) is 5.13. The van der Waals surface area contributed by atoms with E-state index in [9.17, 15) is 18.8 Å². The number of carbonyl (C=O) groups excluding carboxylic acids is 2. The number of para-hydroxylation sites is 2. The first-order chi connectivity index (χ1) is 18.8. The minimum atomic E-state index is -1.36. The maximum atomic E-state index is 14.4. The number of fused-ring (bicyclic) bond motifs is 1. The van der Waals surface area contributed by atoms with E-state index in [0.29, 0.717) is 28.2 Å². The number of carbonyl (C=O) groups is 2. The van der Waals surface area contributed by atoms with Crippen LogP contribution in [-0.2, 0) is 14.3 Å². The summed E-state index contributed by atoms with van der Waals surface area (Å²) >= 11 is 0. The van der Waals surface area contributed by atoms with Crippen LogP contribution < -0.4 is 5.56 Å². The number of esters is 1. The summed E-state index contributed by atoms with van der Waals surface area (Å²) in [5.41, 5.74) is 3.43. The average molecular weight is 523 g/mol. The van der Waals surface area contributed by atoms with Crippen molar-refractivity contribution < 1.29 is 18.7 Å². The minimum Gasteiger partial charge on any atom is -0.465 e. The van der Waals surface area contributed by atoms with E-state index in [0.717, 1.165) is 5.69 Å². The Morgan fingerprint density at radius 2 is 1.44 bits per heavy atom. The molecule has 0 aliphatic rings. The van der Waals surface area contributed by atoms with Crippen LogP contribution in [0.3, 0.4) is 0 Å². The number of ether oxygens (including phenoxy) is 1. The Morgan fingerprint density at radius 3 is 1.97 bits per heavy atom. The Labute approximate surface area is 224 Å². The highest BCUT2D eigenvalue weighted by Crippen LogP contribution is 2.40. The first-order valence-electron chi connectivity index (χ1n) is 12.7. The van der Waals surface area contributed by atoms with Gasteiger partial charge in [-0.2, -0.15) is 0 Å². The van der Waals surface area contributed by atoms with E-state index in [2.05, 4.69) is 0 Å². The molecule has 0 saturated heterocycles. The molecule has 3 aromatic carbocycles. The molecule has 5 rings (SSSR count). The molecule has 1 unspecified atom stereocenters. The SMILES string of the molecule is CCOC(=O)C(C(C)=O)c1c(-c2ccc(F)cc2)n(-c2ccccc2)c2cc(C)n(-c3ccccc3)c(=O)c12. The van der Waals surface area contributed by atoms with Gasteiger partial charge >= 0.3 is 5.97 Å². The molecule has 6 nitrogen and oxygen atoms in total. The number of rotatable bonds is 7. The topological polar surface area (TPSA) is 70.3 Å². The van der Waals surface area contributed by atoms with Crippen molar-refractivity contribution in [3.8, 4) is 22.6 Å². The van der Waals surface area contributed by atoms with Crippen molar-refractivity contribution in [3.63, 3.8) is 0 Å². The molecule has 0 aliphatic heterocycles. The van der Waals surface area contributed by atoms with Gasteiger partial charge in [0.2, 0.25) is 0 Å². The molecule has 39 heavy (non-hydrogen) atoms. The summed E-state index contributed by atoms with van der Waals surface area (Å²) in [5, 5.41) is 0.223. The number of halogens is 1. The highest BCUT2D eigenvalue weighted by molar-refractivity contribution is 6.10. The molecule has 196 valence electrons. The fraction of sp³-hybridized carbons (Fsp3) is 0.156. The summed E-state index contributed by atoms with van der Waals surface area (Å²) in [4.78, 5) is 40.9. The van der Waals surface area contributed by atoms with E-state index >= 15 is 0 Å². The highest BCUT2D eigenvalue weighted by Gasteiger charge is 2.36. The molecule has 0 radical (unpaired) electrons. The smallest absolute Gasteiger partial charge is 0.321 e. The predicted octanol–water partition coefficient (Wildman–Crippen LogP) is 6.13. The molecule has 1 atom stereocenters. The van der Waals surface area contributed by atoms with Crippen molar-refractivity contribution in [2.75, 3.05) is 6.61 Å². The van der Waals surface area contributed by atoms with Crippen LogP contribution in [0.2, 0.25) is 0 Å². The second-order valence-corrected chi connectivity index (χ2v) is 9.26. The summed E-state index contributed by atoms with van der Waals surface area (Å²) in [6, 6.07) is 26.2. The molecule has 7 heteroatoms. The molecule has 0 N–H and O–H groups in total. The van der Waals surface area contributed by atoms with Crippen LogP contribution in [0, 0.1) is 12.7 Å². The number of nitrogens with zero attached hydrogens (tertiary/aromatic N) is 2. The summed E-state index contributed by atoms with van der Waals surface area (Å²) in [6.45, 7) is 4.88. The van der Waals surface area contributed by atoms with E-state index in [4.69, 9.17) is 4.74 Å². The standard InChI is InChI=1S/C32H27FN2O4/c1-4-39-32(38)27(21(3)36)29-28-26(19-20(2)34(31(28)37)24-11-7-5-8-12-24)35(25-13-9-6-10-14-25)30(29)22-15-17-23(33)18-16-22/h5-19,27H,4H2,1-3H3. The van der Waals surface area contributed by atoms with Crippen molar-refractivity contribution in [2.45, 2.75) is 26.7 Å². The summed E-state index contributed by atoms with van der Waals surface area (Å²) in [7, 11) is 0. The molecule has 0 amide bonds. The van der Waals surface area contributed by atoms with Gasteiger partial charge in [0.15, 0.2) is 0 Å². The van der Waals surface area contributed by atoms with Gasteiger partial charge in [-0.1, -0.05) is 36.4 Å². The van der Waals surface area contributed by atoms with E-state index in [1.54, 1.807) is 23.6 Å². The molecule has 0 bridgehead atoms. The number of aromatic nitrogens is 2. The van der Waals surface area contributed by atoms with Crippen LogP contribution >= 0.6 is 0 Å². The van der Waals surface area contributed by atoms with Crippen LogP contribution in [0.25, 0.3) is 33.5 Å². The Hall–Kier alpha value is -4.78. The van der Waals surface area contributed by atoms with E-state index < -0.39 is 23.5 Å². The fourth-order valence-corrected chi connectivity index (χ4v) is 5.13. The number of benzene rings is 3. The molecule has 0 aliphatic carbocycles. The number of hydrogen-bond donors (Lipinski definition) is 0. The molecule has 2 heterocycles. The maximum Gasteiger partial charge on any atom is 0.321 e. The van der Waals surface area contributed by atoms with Gasteiger partial charge in [0, 0.05) is 22.6 Å². The normalized spacial score (nSPS) is 11.9. The van der Waals surface area contributed by atoms with Gasteiger partial charge in [-0.25, -0.2) is 4.39 Å². The Balaban J connectivity index is 2.03. The van der Waals surface area contributed by atoms with Gasteiger partial charge in [0.1, 0.15) is 17.5 Å². The summed E-state index contributed by atoms with van der Waals surface area (Å²) < 4.78 is 22.8. The zero-order valence-electron chi connectivity index (χ0n) is 21.9. The third-order valence-corrected chi connectivity index (χ3v) is 6.72. The lowest BCUT2D eigenvalue weighted by Crippen LogP contribution is -2.26. The first-order valence-corrected chi connectivity index (χ1v) is 12.7. The maximum absolute atomic E-state index is 14.4. The van der Waals surface area contributed by atoms with Gasteiger partial charge in [0.05, 0.1) is 23.2 Å². The Bertz CT molecular complexity index is 1740. The second kappa shape index (κ2) is 10.5. The zero-order chi connectivity index (χ0) is 27.7. The van der Waals surface area contributed by atoms with Gasteiger partial charge in [-0.15, -0.1) is 0 Å². The van der Waals surface area contributed by atoms with Crippen molar-refractivity contribution in [1.82, 2.24) is 9.13 Å². The average Bonchev–Trinajstić information content (AvgIpc) is 3.24. The van der Waals surface area contributed by atoms with Crippen molar-refractivity contribution in [1.29, 1.82) is 0 Å². The molecular weight excluding hydrogens is 495 g/mol. The monoisotopic (exact) mass is 522 g/mol. The van der Waals surface area contributed by atoms with E-state index in [1.807, 2.05) is 78.2 Å². The van der Waals surface area contributed by atoms with Gasteiger partial charge < -0.3 is 9.30 Å². The molecule has 2 aromatic heterocycles. The molecule has 5 aromatic rings. The van der Waals surface area contributed by atoms with Gasteiger partial charge in [-0.3, -0.25) is 19.0 Å². The number of ketones is 1. The van der Waals surface area contributed by atoms with Gasteiger partial charge in [0.25, 0.3) is 5.56 Å². The summed E-state index contributed by atoms with van der Waals surface area (Å²) in [5.74, 6) is -3.00. The number of aryl methyl sites for hydroxylation is 1. The highest BCUT2D eigenvalue weighted by atomic mass is 19.1. The molecule has 0 saturated carbocycles. The van der Waals surface area contributed by atoms with Crippen molar-refractivity contribution in [3.05, 3.63) is 118 Å². The number of Topliss-reactive ketones (excluding diaryl/α,β-unsaturated/α-hetero) is 1. The van der Waals surface area contributed by atoms with Crippen LogP contribution in [-0.4, -0.2) is 27.5 Å². The van der Waals surface area contributed by atoms with Crippen molar-refractivity contribution >= 4 is 22.7 Å². The lowest BCUT2D eigenvalue weighted by Gasteiger charge is -2.17. The lowest BCUT2D eigenvalue weighted by atomic mass is 9.90. The van der Waals surface area contributed by atoms with E-state index in [1.165, 1.54) is 19.1 Å². The number of pyridine rings is 1. The van der Waals surface area contributed by atoms with Crippen LogP contribution in [0.4, 0.5) is 4.39 Å². The zero-order valence-corrected chi connectivity index (χ0v) is 21.9. The summed E-state index contributed by atoms with van der Waals surface area (Å²) in [6.07, 6.45) is 0. The molecule has 0 spiro atoms. The van der Waals surface area contributed by atoms with Gasteiger partial charge in [-0.05, 0) is 80.9 Å². The van der Waals surface area contributed by atoms with Crippen LogP contribution in [0.15, 0.2) is 95.8 Å². The lowest BCUT2D eigenvalue weighted by molar-refractivity contribution is -0.147. The van der Waals surface area contributed by atoms with Crippen LogP contribution in [0.5, 0.6) is 0 Å². The largest absolute Gasteiger partial charge is 0.465 e. The minimum absolute atomic E-state index is 0.0686. The van der Waals surface area contributed by atoms with Crippen molar-refractivity contribution in [2.24, 2.45) is 0 Å². The van der Waals surface area contributed by atoms with E-state index in [-0.39, 0.29) is 23.1 Å². The Morgan fingerprint density at radius 1 is 0.872 bits per heavy atom. The third-order valence-electron chi connectivity index (χ3n) is 6.72.